The fraction of sp³-hybridized carbons (Fsp3) is 0.333. The van der Waals surface area contributed by atoms with Gasteiger partial charge < -0.3 is 5.32 Å². The van der Waals surface area contributed by atoms with Crippen molar-refractivity contribution in [1.29, 1.82) is 0 Å². The van der Waals surface area contributed by atoms with Crippen LogP contribution in [0, 0.1) is 6.07 Å². The molecule has 0 fully saturated rings. The maximum atomic E-state index is 3.13. The number of rotatable bonds is 2. The molecule has 2 heteroatoms. The topological polar surface area (TPSA) is 12.0 Å². The summed E-state index contributed by atoms with van der Waals surface area (Å²) in [7, 11) is 1.94. The smallest absolute Gasteiger partial charge is 0.00124 e. The number of hydrogen-bond acceptors (Lipinski definition) is 1. The molecule has 0 heterocycles. The van der Waals surface area contributed by atoms with E-state index in [-0.39, 0.29) is 32.7 Å². The van der Waals surface area contributed by atoms with Crippen molar-refractivity contribution in [3.05, 3.63) is 29.8 Å². The van der Waals surface area contributed by atoms with Gasteiger partial charge in [-0.3, -0.25) is 0 Å². The van der Waals surface area contributed by atoms with Crippen molar-refractivity contribution in [2.75, 3.05) is 12.4 Å². The molecule has 0 spiro atoms. The Morgan fingerprint density at radius 3 is 2.73 bits per heavy atom. The second-order valence-electron chi connectivity index (χ2n) is 2.19. The van der Waals surface area contributed by atoms with E-state index < -0.39 is 0 Å². The van der Waals surface area contributed by atoms with Crippen molar-refractivity contribution in [3.63, 3.8) is 0 Å². The van der Waals surface area contributed by atoms with Gasteiger partial charge in [-0.15, -0.1) is 11.6 Å². The summed E-state index contributed by atoms with van der Waals surface area (Å²) in [5.41, 5.74) is 2.53. The van der Waals surface area contributed by atoms with Gasteiger partial charge in [0.2, 0.25) is 0 Å². The summed E-state index contributed by atoms with van der Waals surface area (Å²) < 4.78 is 0. The SMILES string of the molecule is CCc1c[c-]ccc1NC.[Y]. The van der Waals surface area contributed by atoms with Crippen molar-refractivity contribution in [2.45, 2.75) is 13.3 Å². The molecule has 1 N–H and O–H groups in total. The van der Waals surface area contributed by atoms with Gasteiger partial charge in [0.1, 0.15) is 0 Å². The largest absolute Gasteiger partial charge is 0.409 e. The minimum Gasteiger partial charge on any atom is -0.409 e. The van der Waals surface area contributed by atoms with Crippen molar-refractivity contribution < 1.29 is 32.7 Å². The average molecular weight is 223 g/mol. The molecule has 0 unspecified atom stereocenters. The number of benzene rings is 1. The molecule has 0 aliphatic rings. The zero-order valence-electron chi connectivity index (χ0n) is 7.02. The first-order valence-electron chi connectivity index (χ1n) is 3.55. The number of nitrogens with one attached hydrogen (secondary N) is 1. The van der Waals surface area contributed by atoms with Crippen molar-refractivity contribution >= 4 is 5.69 Å². The van der Waals surface area contributed by atoms with Gasteiger partial charge in [-0.1, -0.05) is 19.0 Å². The molecule has 0 amide bonds. The summed E-state index contributed by atoms with van der Waals surface area (Å²) in [5.74, 6) is 0. The Balaban J connectivity index is 0.000001000. The van der Waals surface area contributed by atoms with Crippen LogP contribution in [0.4, 0.5) is 5.69 Å². The molecule has 1 rings (SSSR count). The Bertz CT molecular complexity index is 187. The van der Waals surface area contributed by atoms with Gasteiger partial charge >= 0.3 is 0 Å². The fourth-order valence-corrected chi connectivity index (χ4v) is 1.00. The molecule has 1 aromatic rings. The normalized spacial score (nSPS) is 8.55. The van der Waals surface area contributed by atoms with Crippen LogP contribution in [-0.2, 0) is 39.1 Å². The second-order valence-corrected chi connectivity index (χ2v) is 2.19. The van der Waals surface area contributed by atoms with Crippen molar-refractivity contribution in [1.82, 2.24) is 0 Å². The molecule has 0 bridgehead atoms. The first-order valence-corrected chi connectivity index (χ1v) is 3.55. The number of hydrogen-bond donors (Lipinski definition) is 1. The Hall–Kier alpha value is 0.124. The maximum absolute atomic E-state index is 3.13. The quantitative estimate of drug-likeness (QED) is 0.757. The molecule has 1 nitrogen and oxygen atoms in total. The molecule has 1 aromatic carbocycles. The standard InChI is InChI=1S/C9H12N.Y/c1-3-8-6-4-5-7-9(8)10-2;/h5-7,10H,3H2,1-2H3;/q-1;. The molecular formula is C9H12NY-. The minimum absolute atomic E-state index is 0. The summed E-state index contributed by atoms with van der Waals surface area (Å²) in [5, 5.41) is 3.13. The molecule has 11 heavy (non-hydrogen) atoms. The fourth-order valence-electron chi connectivity index (χ4n) is 1.00. The van der Waals surface area contributed by atoms with Crippen LogP contribution in [0.25, 0.3) is 0 Å². The molecule has 57 valence electrons. The molecule has 0 aliphatic carbocycles. The summed E-state index contributed by atoms with van der Waals surface area (Å²) in [6.07, 6.45) is 1.06. The van der Waals surface area contributed by atoms with E-state index in [1.165, 1.54) is 11.3 Å². The van der Waals surface area contributed by atoms with Gasteiger partial charge in [-0.2, -0.15) is 18.2 Å². The molecule has 1 radical (unpaired) electrons. The third kappa shape index (κ3) is 2.92. The van der Waals surface area contributed by atoms with E-state index in [1.54, 1.807) is 0 Å². The van der Waals surface area contributed by atoms with E-state index in [2.05, 4.69) is 18.3 Å². The van der Waals surface area contributed by atoms with Crippen molar-refractivity contribution in [2.24, 2.45) is 0 Å². The Morgan fingerprint density at radius 2 is 2.27 bits per heavy atom. The van der Waals surface area contributed by atoms with Crippen LogP contribution in [0.3, 0.4) is 0 Å². The molecule has 0 aliphatic heterocycles. The minimum atomic E-state index is 0. The van der Waals surface area contributed by atoms with Crippen LogP contribution in [0.2, 0.25) is 0 Å². The monoisotopic (exact) mass is 223 g/mol. The molecular weight excluding hydrogens is 211 g/mol. The Morgan fingerprint density at radius 1 is 1.55 bits per heavy atom. The molecule has 0 saturated heterocycles. The van der Waals surface area contributed by atoms with Gasteiger partial charge in [-0.05, 0) is 0 Å². The van der Waals surface area contributed by atoms with Crippen LogP contribution >= 0.6 is 0 Å². The van der Waals surface area contributed by atoms with Crippen LogP contribution in [-0.4, -0.2) is 7.05 Å². The first-order chi connectivity index (χ1) is 4.88. The number of anilines is 1. The molecule has 0 aromatic heterocycles. The van der Waals surface area contributed by atoms with Gasteiger partial charge in [0.15, 0.2) is 0 Å². The summed E-state index contributed by atoms with van der Waals surface area (Å²) in [6.45, 7) is 2.14. The molecule has 0 saturated carbocycles. The first kappa shape index (κ1) is 11.1. The Labute approximate surface area is 93.5 Å². The average Bonchev–Trinajstić information content (AvgIpc) is 2.04. The second kappa shape index (κ2) is 5.73. The van der Waals surface area contributed by atoms with E-state index in [0.717, 1.165) is 6.42 Å². The predicted octanol–water partition coefficient (Wildman–Crippen LogP) is 2.09. The third-order valence-electron chi connectivity index (χ3n) is 1.60. The van der Waals surface area contributed by atoms with Gasteiger partial charge in [0.25, 0.3) is 0 Å². The predicted molar refractivity (Wildman–Crippen MR) is 44.2 cm³/mol. The summed E-state index contributed by atoms with van der Waals surface area (Å²) in [4.78, 5) is 0. The van der Waals surface area contributed by atoms with E-state index in [1.807, 2.05) is 25.2 Å². The van der Waals surface area contributed by atoms with E-state index in [9.17, 15) is 0 Å². The summed E-state index contributed by atoms with van der Waals surface area (Å²) >= 11 is 0. The van der Waals surface area contributed by atoms with Crippen molar-refractivity contribution in [3.8, 4) is 0 Å². The third-order valence-corrected chi connectivity index (χ3v) is 1.60. The van der Waals surface area contributed by atoms with Gasteiger partial charge in [0.05, 0.1) is 0 Å². The summed E-state index contributed by atoms with van der Waals surface area (Å²) in [6, 6.07) is 9.03. The van der Waals surface area contributed by atoms with Gasteiger partial charge in [-0.25, -0.2) is 0 Å². The van der Waals surface area contributed by atoms with E-state index >= 15 is 0 Å². The van der Waals surface area contributed by atoms with Crippen LogP contribution in [0.15, 0.2) is 18.2 Å². The maximum Gasteiger partial charge on any atom is 0.00124 e. The zero-order chi connectivity index (χ0) is 7.40. The van der Waals surface area contributed by atoms with Crippen LogP contribution < -0.4 is 5.32 Å². The van der Waals surface area contributed by atoms with Crippen LogP contribution in [0.1, 0.15) is 12.5 Å². The van der Waals surface area contributed by atoms with Gasteiger partial charge in [0, 0.05) is 39.8 Å². The number of aryl methyl sites for hydroxylation is 1. The van der Waals surface area contributed by atoms with E-state index in [0.29, 0.717) is 0 Å². The Kier molecular flexibility index (Phi) is 5.80. The zero-order valence-corrected chi connectivity index (χ0v) is 9.85. The molecule has 0 atom stereocenters. The van der Waals surface area contributed by atoms with E-state index in [4.69, 9.17) is 0 Å². The van der Waals surface area contributed by atoms with Crippen LogP contribution in [0.5, 0.6) is 0 Å².